The van der Waals surface area contributed by atoms with Crippen molar-refractivity contribution < 1.29 is 27.4 Å². The zero-order valence-electron chi connectivity index (χ0n) is 11.1. The lowest BCUT2D eigenvalue weighted by Crippen LogP contribution is -2.20. The SMILES string of the molecule is NC(CCOCC(F)(F)F)c1cc2c(cc1Cl)OCCO2. The van der Waals surface area contributed by atoms with Crippen molar-refractivity contribution in [2.75, 3.05) is 26.4 Å². The van der Waals surface area contributed by atoms with Crippen LogP contribution in [0.1, 0.15) is 18.0 Å². The Morgan fingerprint density at radius 1 is 1.24 bits per heavy atom. The molecule has 1 unspecified atom stereocenters. The van der Waals surface area contributed by atoms with Crippen LogP contribution in [-0.2, 0) is 4.74 Å². The highest BCUT2D eigenvalue weighted by Crippen LogP contribution is 2.37. The number of hydrogen-bond donors (Lipinski definition) is 1. The molecule has 0 saturated heterocycles. The number of fused-ring (bicyclic) bond motifs is 1. The quantitative estimate of drug-likeness (QED) is 0.845. The molecule has 1 aliphatic heterocycles. The van der Waals surface area contributed by atoms with Gasteiger partial charge in [0.1, 0.15) is 19.8 Å². The predicted octanol–water partition coefficient (Wildman–Crippen LogP) is 3.08. The molecular formula is C13H15ClF3NO3. The Labute approximate surface area is 124 Å². The second-order valence-electron chi connectivity index (χ2n) is 4.58. The van der Waals surface area contributed by atoms with Gasteiger partial charge in [0.25, 0.3) is 0 Å². The highest BCUT2D eigenvalue weighted by atomic mass is 35.5. The van der Waals surface area contributed by atoms with Gasteiger partial charge in [0.05, 0.1) is 0 Å². The van der Waals surface area contributed by atoms with Gasteiger partial charge in [-0.2, -0.15) is 13.2 Å². The number of ether oxygens (including phenoxy) is 3. The minimum atomic E-state index is -4.33. The van der Waals surface area contributed by atoms with Crippen LogP contribution in [0.2, 0.25) is 5.02 Å². The van der Waals surface area contributed by atoms with Gasteiger partial charge in [-0.15, -0.1) is 0 Å². The number of rotatable bonds is 5. The van der Waals surface area contributed by atoms with Crippen LogP contribution in [0, 0.1) is 0 Å². The Morgan fingerprint density at radius 3 is 2.48 bits per heavy atom. The molecule has 1 heterocycles. The highest BCUT2D eigenvalue weighted by Gasteiger charge is 2.27. The first-order valence-corrected chi connectivity index (χ1v) is 6.74. The summed E-state index contributed by atoms with van der Waals surface area (Å²) in [5.41, 5.74) is 6.53. The lowest BCUT2D eigenvalue weighted by atomic mass is 10.0. The third-order valence-corrected chi connectivity index (χ3v) is 3.23. The van der Waals surface area contributed by atoms with E-state index in [1.54, 1.807) is 12.1 Å². The molecule has 1 aromatic rings. The molecule has 1 atom stereocenters. The summed E-state index contributed by atoms with van der Waals surface area (Å²) in [6.45, 7) is -0.516. The van der Waals surface area contributed by atoms with Crippen LogP contribution in [0.15, 0.2) is 12.1 Å². The molecule has 0 radical (unpaired) electrons. The highest BCUT2D eigenvalue weighted by molar-refractivity contribution is 6.31. The van der Waals surface area contributed by atoms with Gasteiger partial charge in [-0.25, -0.2) is 0 Å². The molecule has 0 saturated carbocycles. The summed E-state index contributed by atoms with van der Waals surface area (Å²) in [7, 11) is 0. The van der Waals surface area contributed by atoms with Crippen molar-refractivity contribution in [1.29, 1.82) is 0 Å². The van der Waals surface area contributed by atoms with Crippen molar-refractivity contribution in [2.45, 2.75) is 18.6 Å². The number of hydrogen-bond acceptors (Lipinski definition) is 4. The van der Waals surface area contributed by atoms with Crippen molar-refractivity contribution in [1.82, 2.24) is 0 Å². The van der Waals surface area contributed by atoms with Crippen molar-refractivity contribution in [3.63, 3.8) is 0 Å². The molecule has 0 aromatic heterocycles. The first-order valence-electron chi connectivity index (χ1n) is 6.36. The van der Waals surface area contributed by atoms with Crippen LogP contribution in [-0.4, -0.2) is 32.6 Å². The molecule has 1 aromatic carbocycles. The summed E-state index contributed by atoms with van der Waals surface area (Å²) in [5.74, 6) is 1.07. The second kappa shape index (κ2) is 6.72. The standard InChI is InChI=1S/C13H15ClF3NO3/c14-9-6-12-11(20-3-4-21-12)5-8(9)10(18)1-2-19-7-13(15,16)17/h5-6,10H,1-4,7,18H2. The third-order valence-electron chi connectivity index (χ3n) is 2.90. The lowest BCUT2D eigenvalue weighted by Gasteiger charge is -2.21. The van der Waals surface area contributed by atoms with Crippen molar-refractivity contribution in [2.24, 2.45) is 5.73 Å². The van der Waals surface area contributed by atoms with E-state index in [4.69, 9.17) is 26.8 Å². The van der Waals surface area contributed by atoms with Gasteiger partial charge in [0.2, 0.25) is 0 Å². The molecule has 0 fully saturated rings. The van der Waals surface area contributed by atoms with E-state index in [1.165, 1.54) is 0 Å². The van der Waals surface area contributed by atoms with Gasteiger partial charge < -0.3 is 19.9 Å². The van der Waals surface area contributed by atoms with E-state index < -0.39 is 18.8 Å². The van der Waals surface area contributed by atoms with Gasteiger partial charge in [-0.3, -0.25) is 0 Å². The number of nitrogens with two attached hydrogens (primary N) is 1. The van der Waals surface area contributed by atoms with Crippen LogP contribution in [0.25, 0.3) is 0 Å². The van der Waals surface area contributed by atoms with Crippen molar-refractivity contribution >= 4 is 11.6 Å². The largest absolute Gasteiger partial charge is 0.486 e. The van der Waals surface area contributed by atoms with Gasteiger partial charge in [-0.05, 0) is 18.1 Å². The molecule has 1 aliphatic rings. The van der Waals surface area contributed by atoms with E-state index in [1.807, 2.05) is 0 Å². The summed E-state index contributed by atoms with van der Waals surface area (Å²) < 4.78 is 51.2. The van der Waals surface area contributed by atoms with E-state index in [-0.39, 0.29) is 13.0 Å². The van der Waals surface area contributed by atoms with E-state index in [0.717, 1.165) is 0 Å². The van der Waals surface area contributed by atoms with Crippen LogP contribution in [0.4, 0.5) is 13.2 Å². The smallest absolute Gasteiger partial charge is 0.411 e. The van der Waals surface area contributed by atoms with E-state index >= 15 is 0 Å². The maximum Gasteiger partial charge on any atom is 0.411 e. The van der Waals surface area contributed by atoms with Gasteiger partial charge in [0.15, 0.2) is 11.5 Å². The molecule has 4 nitrogen and oxygen atoms in total. The fourth-order valence-electron chi connectivity index (χ4n) is 1.92. The number of halogens is 4. The maximum absolute atomic E-state index is 11.9. The van der Waals surface area contributed by atoms with E-state index in [9.17, 15) is 13.2 Å². The van der Waals surface area contributed by atoms with Gasteiger partial charge in [-0.1, -0.05) is 11.6 Å². The summed E-state index contributed by atoms with van der Waals surface area (Å²) in [4.78, 5) is 0. The molecule has 0 amide bonds. The third kappa shape index (κ3) is 4.66. The zero-order valence-corrected chi connectivity index (χ0v) is 11.8. The molecule has 0 aliphatic carbocycles. The molecule has 2 N–H and O–H groups in total. The first-order chi connectivity index (χ1) is 9.87. The van der Waals surface area contributed by atoms with Gasteiger partial charge in [0, 0.05) is 23.7 Å². The second-order valence-corrected chi connectivity index (χ2v) is 4.99. The Hall–Kier alpha value is -1.18. The fourth-order valence-corrected chi connectivity index (χ4v) is 2.21. The molecule has 21 heavy (non-hydrogen) atoms. The molecule has 0 spiro atoms. The predicted molar refractivity (Wildman–Crippen MR) is 70.9 cm³/mol. The molecule has 0 bridgehead atoms. The van der Waals surface area contributed by atoms with Crippen LogP contribution < -0.4 is 15.2 Å². The maximum atomic E-state index is 11.9. The van der Waals surface area contributed by atoms with Crippen LogP contribution in [0.3, 0.4) is 0 Å². The average molecular weight is 326 g/mol. The molecular weight excluding hydrogens is 311 g/mol. The normalized spacial score (nSPS) is 15.9. The van der Waals surface area contributed by atoms with Crippen molar-refractivity contribution in [3.05, 3.63) is 22.7 Å². The molecule has 2 rings (SSSR count). The summed E-state index contributed by atoms with van der Waals surface area (Å²) in [6.07, 6.45) is -4.12. The summed E-state index contributed by atoms with van der Waals surface area (Å²) in [6, 6.07) is 2.72. The van der Waals surface area contributed by atoms with Gasteiger partial charge >= 0.3 is 6.18 Å². The first kappa shape index (κ1) is 16.2. The fraction of sp³-hybridized carbons (Fsp3) is 0.538. The molecule has 118 valence electrons. The minimum absolute atomic E-state index is 0.106. The zero-order chi connectivity index (χ0) is 15.5. The topological polar surface area (TPSA) is 53.7 Å². The van der Waals surface area contributed by atoms with Crippen molar-refractivity contribution in [3.8, 4) is 11.5 Å². The number of alkyl halides is 3. The van der Waals surface area contributed by atoms with Crippen LogP contribution >= 0.6 is 11.6 Å². The summed E-state index contributed by atoms with van der Waals surface area (Å²) in [5, 5.41) is 0.391. The Bertz CT molecular complexity index is 496. The number of benzene rings is 1. The van der Waals surface area contributed by atoms with E-state index in [2.05, 4.69) is 4.74 Å². The average Bonchev–Trinajstić information content (AvgIpc) is 2.41. The van der Waals surface area contributed by atoms with E-state index in [0.29, 0.717) is 35.3 Å². The monoisotopic (exact) mass is 325 g/mol. The minimum Gasteiger partial charge on any atom is -0.486 e. The molecule has 8 heteroatoms. The Morgan fingerprint density at radius 2 is 1.86 bits per heavy atom. The lowest BCUT2D eigenvalue weighted by molar-refractivity contribution is -0.174. The van der Waals surface area contributed by atoms with Crippen LogP contribution in [0.5, 0.6) is 11.5 Å². The Kier molecular flexibility index (Phi) is 5.18. The Balaban J connectivity index is 1.94. The summed E-state index contributed by atoms with van der Waals surface area (Å²) >= 11 is 6.11.